The van der Waals surface area contributed by atoms with Crippen LogP contribution in [0, 0.1) is 0 Å². The highest BCUT2D eigenvalue weighted by Gasteiger charge is 2.23. The van der Waals surface area contributed by atoms with Gasteiger partial charge in [-0.1, -0.05) is 35.9 Å². The zero-order valence-corrected chi connectivity index (χ0v) is 13.7. The van der Waals surface area contributed by atoms with Crippen LogP contribution in [0.5, 0.6) is 0 Å². The SMILES string of the molecule is N[S+]([O-])c1ccccc1N1CCN(c2ccccc2Cl)CC1. The van der Waals surface area contributed by atoms with Crippen molar-refractivity contribution in [3.63, 3.8) is 0 Å². The first-order valence-corrected chi connectivity index (χ1v) is 8.75. The van der Waals surface area contributed by atoms with Gasteiger partial charge in [0.2, 0.25) is 0 Å². The molecule has 116 valence electrons. The number of anilines is 2. The fraction of sp³-hybridized carbons (Fsp3) is 0.250. The number of nitrogens with two attached hydrogens (primary N) is 1. The third-order valence-corrected chi connectivity index (χ3v) is 4.99. The monoisotopic (exact) mass is 335 g/mol. The van der Waals surface area contributed by atoms with Crippen LogP contribution in [0.15, 0.2) is 53.4 Å². The minimum atomic E-state index is -1.47. The quantitative estimate of drug-likeness (QED) is 0.876. The Morgan fingerprint density at radius 3 is 1.95 bits per heavy atom. The van der Waals surface area contributed by atoms with Gasteiger partial charge >= 0.3 is 0 Å². The third-order valence-electron chi connectivity index (χ3n) is 3.90. The largest absolute Gasteiger partial charge is 0.593 e. The van der Waals surface area contributed by atoms with Gasteiger partial charge in [-0.15, -0.1) is 5.14 Å². The summed E-state index contributed by atoms with van der Waals surface area (Å²) in [5, 5.41) is 6.35. The van der Waals surface area contributed by atoms with Crippen molar-refractivity contribution in [2.45, 2.75) is 4.90 Å². The molecule has 6 heteroatoms. The van der Waals surface area contributed by atoms with Crippen molar-refractivity contribution in [2.75, 3.05) is 36.0 Å². The number of hydrogen-bond acceptors (Lipinski definition) is 4. The minimum Gasteiger partial charge on any atom is -0.593 e. The number of benzene rings is 2. The smallest absolute Gasteiger partial charge is 0.196 e. The van der Waals surface area contributed by atoms with Gasteiger partial charge in [0.05, 0.1) is 27.8 Å². The summed E-state index contributed by atoms with van der Waals surface area (Å²) in [6.07, 6.45) is 0. The summed E-state index contributed by atoms with van der Waals surface area (Å²) < 4.78 is 11.7. The van der Waals surface area contributed by atoms with E-state index in [2.05, 4.69) is 9.80 Å². The van der Waals surface area contributed by atoms with Crippen LogP contribution in [0.4, 0.5) is 11.4 Å². The molecule has 1 unspecified atom stereocenters. The van der Waals surface area contributed by atoms with E-state index in [1.807, 2.05) is 48.5 Å². The zero-order valence-electron chi connectivity index (χ0n) is 12.1. The van der Waals surface area contributed by atoms with Gasteiger partial charge in [0, 0.05) is 26.2 Å². The maximum absolute atomic E-state index is 11.7. The van der Waals surface area contributed by atoms with Crippen LogP contribution >= 0.6 is 11.6 Å². The van der Waals surface area contributed by atoms with Crippen molar-refractivity contribution in [1.29, 1.82) is 0 Å². The Hall–Kier alpha value is -1.40. The number of rotatable bonds is 3. The lowest BCUT2D eigenvalue weighted by atomic mass is 10.2. The van der Waals surface area contributed by atoms with Gasteiger partial charge < -0.3 is 14.4 Å². The molecule has 0 saturated carbocycles. The second-order valence-electron chi connectivity index (χ2n) is 5.19. The highest BCUT2D eigenvalue weighted by atomic mass is 35.5. The molecule has 3 rings (SSSR count). The Morgan fingerprint density at radius 1 is 0.864 bits per heavy atom. The molecule has 1 fully saturated rings. The van der Waals surface area contributed by atoms with Crippen LogP contribution in [0.3, 0.4) is 0 Å². The van der Waals surface area contributed by atoms with E-state index in [1.165, 1.54) is 0 Å². The summed E-state index contributed by atoms with van der Waals surface area (Å²) >= 11 is 4.80. The lowest BCUT2D eigenvalue weighted by Gasteiger charge is -2.37. The molecule has 1 aliphatic rings. The Labute approximate surface area is 138 Å². The summed E-state index contributed by atoms with van der Waals surface area (Å²) in [5.74, 6) is 0. The molecule has 2 aromatic rings. The van der Waals surface area contributed by atoms with Crippen LogP contribution in [0.1, 0.15) is 0 Å². The molecule has 0 aromatic heterocycles. The molecule has 1 atom stereocenters. The molecule has 2 aromatic carbocycles. The predicted molar refractivity (Wildman–Crippen MR) is 92.9 cm³/mol. The van der Waals surface area contributed by atoms with Crippen molar-refractivity contribution >= 4 is 34.3 Å². The lowest BCUT2D eigenvalue weighted by molar-refractivity contribution is 0.594. The van der Waals surface area contributed by atoms with E-state index >= 15 is 0 Å². The molecule has 1 saturated heterocycles. The Bertz CT molecular complexity index is 645. The molecule has 0 spiro atoms. The average molecular weight is 336 g/mol. The second-order valence-corrected chi connectivity index (χ2v) is 6.63. The molecule has 4 nitrogen and oxygen atoms in total. The van der Waals surface area contributed by atoms with E-state index in [9.17, 15) is 4.55 Å². The molecule has 2 N–H and O–H groups in total. The van der Waals surface area contributed by atoms with Gasteiger partial charge in [-0.25, -0.2) is 0 Å². The summed E-state index contributed by atoms with van der Waals surface area (Å²) in [4.78, 5) is 5.20. The van der Waals surface area contributed by atoms with Crippen molar-refractivity contribution in [3.8, 4) is 0 Å². The molecular formula is C16H18ClN3OS. The maximum atomic E-state index is 11.7. The van der Waals surface area contributed by atoms with Crippen LogP contribution in [0.2, 0.25) is 5.02 Å². The van der Waals surface area contributed by atoms with Crippen LogP contribution in [0.25, 0.3) is 0 Å². The first-order valence-electron chi connectivity index (χ1n) is 7.16. The highest BCUT2D eigenvalue weighted by Crippen LogP contribution is 2.29. The van der Waals surface area contributed by atoms with Crippen molar-refractivity contribution < 1.29 is 4.55 Å². The minimum absolute atomic E-state index is 0.689. The Kier molecular flexibility index (Phi) is 4.78. The van der Waals surface area contributed by atoms with Crippen LogP contribution in [-0.2, 0) is 11.4 Å². The summed E-state index contributed by atoms with van der Waals surface area (Å²) in [6, 6.07) is 15.5. The highest BCUT2D eigenvalue weighted by molar-refractivity contribution is 7.89. The van der Waals surface area contributed by atoms with Crippen molar-refractivity contribution in [3.05, 3.63) is 53.6 Å². The third kappa shape index (κ3) is 3.17. The number of halogens is 1. The van der Waals surface area contributed by atoms with Crippen molar-refractivity contribution in [1.82, 2.24) is 0 Å². The van der Waals surface area contributed by atoms with Gasteiger partial charge in [-0.2, -0.15) is 0 Å². The van der Waals surface area contributed by atoms with Crippen molar-refractivity contribution in [2.24, 2.45) is 5.14 Å². The standard InChI is InChI=1S/C16H18ClN3OS/c17-13-5-1-2-6-14(13)19-9-11-20(12-10-19)15-7-3-4-8-16(15)22(18)21/h1-8H,9-12,18H2. The van der Waals surface area contributed by atoms with Gasteiger partial charge in [0.25, 0.3) is 0 Å². The molecule has 0 aliphatic carbocycles. The first-order chi connectivity index (χ1) is 10.7. The van der Waals surface area contributed by atoms with E-state index < -0.39 is 11.4 Å². The van der Waals surface area contributed by atoms with E-state index in [-0.39, 0.29) is 0 Å². The Balaban J connectivity index is 1.74. The van der Waals surface area contributed by atoms with E-state index in [4.69, 9.17) is 16.7 Å². The number of para-hydroxylation sites is 2. The van der Waals surface area contributed by atoms with Gasteiger partial charge in [0.15, 0.2) is 4.90 Å². The molecule has 0 amide bonds. The summed E-state index contributed by atoms with van der Waals surface area (Å²) in [7, 11) is 0. The predicted octanol–water partition coefficient (Wildman–Crippen LogP) is 2.65. The van der Waals surface area contributed by atoms with Gasteiger partial charge in [0.1, 0.15) is 0 Å². The Morgan fingerprint density at radius 2 is 1.36 bits per heavy atom. The zero-order chi connectivity index (χ0) is 15.5. The van der Waals surface area contributed by atoms with E-state index in [1.54, 1.807) is 0 Å². The van der Waals surface area contributed by atoms with Gasteiger partial charge in [-0.05, 0) is 24.3 Å². The number of nitrogens with zero attached hydrogens (tertiary/aromatic N) is 2. The average Bonchev–Trinajstić information content (AvgIpc) is 2.55. The van der Waals surface area contributed by atoms with Crippen LogP contribution < -0.4 is 14.9 Å². The molecule has 0 radical (unpaired) electrons. The summed E-state index contributed by atoms with van der Waals surface area (Å²) in [5.41, 5.74) is 2.03. The summed E-state index contributed by atoms with van der Waals surface area (Å²) in [6.45, 7) is 3.43. The molecular weight excluding hydrogens is 318 g/mol. The molecule has 0 bridgehead atoms. The van der Waals surface area contributed by atoms with E-state index in [0.717, 1.165) is 42.6 Å². The first kappa shape index (κ1) is 15.5. The fourth-order valence-electron chi connectivity index (χ4n) is 2.78. The molecule has 1 aliphatic heterocycles. The second kappa shape index (κ2) is 6.79. The normalized spacial score (nSPS) is 16.7. The topological polar surface area (TPSA) is 55.6 Å². The fourth-order valence-corrected chi connectivity index (χ4v) is 3.66. The van der Waals surface area contributed by atoms with E-state index in [0.29, 0.717) is 4.90 Å². The van der Waals surface area contributed by atoms with Crippen LogP contribution in [-0.4, -0.2) is 30.7 Å². The number of hydrogen-bond donors (Lipinski definition) is 1. The molecule has 1 heterocycles. The lowest BCUT2D eigenvalue weighted by Crippen LogP contribution is -2.47. The maximum Gasteiger partial charge on any atom is 0.196 e. The number of piperazine rings is 1. The van der Waals surface area contributed by atoms with Gasteiger partial charge in [-0.3, -0.25) is 0 Å². The molecule has 22 heavy (non-hydrogen) atoms.